The molecule has 0 atom stereocenters. The zero-order valence-electron chi connectivity index (χ0n) is 4.35. The lowest BCUT2D eigenvalue weighted by molar-refractivity contribution is 0.281. The summed E-state index contributed by atoms with van der Waals surface area (Å²) in [4.78, 5) is 10.6. The van der Waals surface area contributed by atoms with Crippen molar-refractivity contribution in [2.45, 2.75) is 6.61 Å². The highest BCUT2D eigenvalue weighted by Crippen LogP contribution is 2.15. The summed E-state index contributed by atoms with van der Waals surface area (Å²) >= 11 is 6.50. The fourth-order valence-electron chi connectivity index (χ4n) is 0.438. The molecule has 5 heteroatoms. The van der Waals surface area contributed by atoms with E-state index in [0.717, 1.165) is 11.5 Å². The zero-order chi connectivity index (χ0) is 6.85. The summed E-state index contributed by atoms with van der Waals surface area (Å²) in [5.74, 6) is 0. The number of nitrogens with one attached hydrogen (secondary N) is 1. The Morgan fingerprint density at radius 3 is 2.67 bits per heavy atom. The molecule has 1 aromatic rings. The van der Waals surface area contributed by atoms with Crippen molar-refractivity contribution in [2.75, 3.05) is 0 Å². The van der Waals surface area contributed by atoms with Gasteiger partial charge in [0.25, 0.3) is 5.56 Å². The molecule has 0 amide bonds. The summed E-state index contributed by atoms with van der Waals surface area (Å²) in [6, 6.07) is 0. The summed E-state index contributed by atoms with van der Waals surface area (Å²) < 4.78 is 2.72. The fourth-order valence-corrected chi connectivity index (χ4v) is 1.28. The van der Waals surface area contributed by atoms with Gasteiger partial charge in [-0.3, -0.25) is 9.17 Å². The topological polar surface area (TPSA) is 53.1 Å². The first-order valence-corrected chi connectivity index (χ1v) is 3.42. The van der Waals surface area contributed by atoms with E-state index in [4.69, 9.17) is 16.7 Å². The number of hydrogen-bond donors (Lipinski definition) is 2. The van der Waals surface area contributed by atoms with Crippen LogP contribution in [0, 0.1) is 0 Å². The third-order valence-corrected chi connectivity index (χ3v) is 2.08. The van der Waals surface area contributed by atoms with Gasteiger partial charge in [0, 0.05) is 0 Å². The maximum atomic E-state index is 10.6. The first-order chi connectivity index (χ1) is 4.25. The highest BCUT2D eigenvalue weighted by atomic mass is 35.5. The Bertz CT molecular complexity index is 253. The third-order valence-electron chi connectivity index (χ3n) is 0.903. The second-order valence-corrected chi connectivity index (χ2v) is 2.86. The van der Waals surface area contributed by atoms with Gasteiger partial charge >= 0.3 is 0 Å². The average Bonchev–Trinajstić information content (AvgIpc) is 2.12. The highest BCUT2D eigenvalue weighted by Gasteiger charge is 2.04. The van der Waals surface area contributed by atoms with Crippen molar-refractivity contribution >= 4 is 23.1 Å². The molecule has 0 saturated carbocycles. The van der Waals surface area contributed by atoms with Crippen molar-refractivity contribution in [3.8, 4) is 0 Å². The van der Waals surface area contributed by atoms with E-state index in [0.29, 0.717) is 4.34 Å². The number of aromatic amines is 1. The van der Waals surface area contributed by atoms with Crippen LogP contribution in [0.2, 0.25) is 4.34 Å². The Hall–Kier alpha value is -0.320. The van der Waals surface area contributed by atoms with Crippen LogP contribution in [0.15, 0.2) is 4.79 Å². The van der Waals surface area contributed by atoms with Gasteiger partial charge in [-0.1, -0.05) is 11.6 Å². The minimum atomic E-state index is -0.299. The summed E-state index contributed by atoms with van der Waals surface area (Å²) in [5.41, 5.74) is -0.0471. The van der Waals surface area contributed by atoms with Gasteiger partial charge in [0.15, 0.2) is 0 Å². The smallest absolute Gasteiger partial charge is 0.265 e. The Morgan fingerprint density at radius 2 is 2.44 bits per heavy atom. The van der Waals surface area contributed by atoms with E-state index in [1.165, 1.54) is 0 Å². The van der Waals surface area contributed by atoms with E-state index in [-0.39, 0.29) is 17.7 Å². The summed E-state index contributed by atoms with van der Waals surface area (Å²) in [5, 5.41) is 8.49. The van der Waals surface area contributed by atoms with Crippen LogP contribution in [0.3, 0.4) is 0 Å². The van der Waals surface area contributed by atoms with Crippen molar-refractivity contribution in [1.29, 1.82) is 0 Å². The fraction of sp³-hybridized carbons (Fsp3) is 0.250. The van der Waals surface area contributed by atoms with Gasteiger partial charge in [-0.05, 0) is 11.5 Å². The number of aliphatic hydroxyl groups excluding tert-OH is 1. The van der Waals surface area contributed by atoms with Gasteiger partial charge in [-0.25, -0.2) is 0 Å². The van der Waals surface area contributed by atoms with Crippen LogP contribution < -0.4 is 5.56 Å². The standard InChI is InChI=1S/C4H4ClNO2S/c5-3-2(1-7)4(8)6-9-3/h7H,1H2,(H,6,8). The molecule has 0 saturated heterocycles. The maximum absolute atomic E-state index is 10.6. The minimum absolute atomic E-state index is 0.252. The zero-order valence-corrected chi connectivity index (χ0v) is 5.92. The second-order valence-electron chi connectivity index (χ2n) is 1.44. The van der Waals surface area contributed by atoms with E-state index >= 15 is 0 Å². The van der Waals surface area contributed by atoms with Gasteiger partial charge < -0.3 is 5.11 Å². The van der Waals surface area contributed by atoms with Crippen LogP contribution in [0.1, 0.15) is 5.56 Å². The Morgan fingerprint density at radius 1 is 1.78 bits per heavy atom. The molecule has 1 rings (SSSR count). The van der Waals surface area contributed by atoms with Gasteiger partial charge in [0.1, 0.15) is 4.34 Å². The molecule has 0 unspecified atom stereocenters. The molecule has 1 heterocycles. The molecule has 2 N–H and O–H groups in total. The van der Waals surface area contributed by atoms with Gasteiger partial charge in [0.05, 0.1) is 12.2 Å². The average molecular weight is 166 g/mol. The van der Waals surface area contributed by atoms with Crippen LogP contribution in [-0.2, 0) is 6.61 Å². The van der Waals surface area contributed by atoms with Crippen molar-refractivity contribution < 1.29 is 5.11 Å². The molecule has 50 valence electrons. The summed E-state index contributed by atoms with van der Waals surface area (Å²) in [6.07, 6.45) is 0. The molecular weight excluding hydrogens is 162 g/mol. The molecule has 0 aromatic carbocycles. The van der Waals surface area contributed by atoms with E-state index in [1.807, 2.05) is 0 Å². The molecule has 0 aliphatic rings. The predicted molar refractivity (Wildman–Crippen MR) is 35.9 cm³/mol. The van der Waals surface area contributed by atoms with E-state index in [9.17, 15) is 4.79 Å². The molecule has 0 aliphatic heterocycles. The van der Waals surface area contributed by atoms with Crippen molar-refractivity contribution in [3.63, 3.8) is 0 Å². The second kappa shape index (κ2) is 2.51. The highest BCUT2D eigenvalue weighted by molar-refractivity contribution is 7.10. The lowest BCUT2D eigenvalue weighted by Gasteiger charge is -1.82. The molecule has 3 nitrogen and oxygen atoms in total. The number of aliphatic hydroxyl groups is 1. The number of H-pyrrole nitrogens is 1. The normalized spacial score (nSPS) is 10.0. The molecule has 0 spiro atoms. The Kier molecular flexibility index (Phi) is 1.90. The summed E-state index contributed by atoms with van der Waals surface area (Å²) in [6.45, 7) is -0.294. The summed E-state index contributed by atoms with van der Waals surface area (Å²) in [7, 11) is 0. The Balaban J connectivity index is 3.23. The van der Waals surface area contributed by atoms with Crippen molar-refractivity contribution in [3.05, 3.63) is 20.3 Å². The predicted octanol–water partition coefficient (Wildman–Crippen LogP) is 0.582. The molecular formula is C4H4ClNO2S. The molecule has 9 heavy (non-hydrogen) atoms. The van der Waals surface area contributed by atoms with Crippen LogP contribution in [0.5, 0.6) is 0 Å². The van der Waals surface area contributed by atoms with Gasteiger partial charge in [-0.2, -0.15) is 0 Å². The van der Waals surface area contributed by atoms with Crippen LogP contribution in [0.4, 0.5) is 0 Å². The Labute approximate surface area is 60.1 Å². The third kappa shape index (κ3) is 1.15. The van der Waals surface area contributed by atoms with Crippen molar-refractivity contribution in [2.24, 2.45) is 0 Å². The lowest BCUT2D eigenvalue weighted by atomic mass is 10.4. The quantitative estimate of drug-likeness (QED) is 0.640. The largest absolute Gasteiger partial charge is 0.391 e. The van der Waals surface area contributed by atoms with Crippen molar-refractivity contribution in [1.82, 2.24) is 4.37 Å². The number of halogens is 1. The van der Waals surface area contributed by atoms with Gasteiger partial charge in [-0.15, -0.1) is 0 Å². The van der Waals surface area contributed by atoms with Gasteiger partial charge in [0.2, 0.25) is 0 Å². The first-order valence-electron chi connectivity index (χ1n) is 2.22. The monoisotopic (exact) mass is 165 g/mol. The molecule has 0 radical (unpaired) electrons. The molecule has 0 fully saturated rings. The van der Waals surface area contributed by atoms with E-state index in [1.54, 1.807) is 0 Å². The van der Waals surface area contributed by atoms with Crippen LogP contribution >= 0.6 is 23.1 Å². The lowest BCUT2D eigenvalue weighted by Crippen LogP contribution is -2.04. The number of hydrogen-bond acceptors (Lipinski definition) is 3. The van der Waals surface area contributed by atoms with E-state index in [2.05, 4.69) is 4.37 Å². The SMILES string of the molecule is O=c1[nH]sc(Cl)c1CO. The first kappa shape index (κ1) is 6.80. The molecule has 1 aromatic heterocycles. The number of aromatic nitrogens is 1. The van der Waals surface area contributed by atoms with Crippen LogP contribution in [-0.4, -0.2) is 9.48 Å². The minimum Gasteiger partial charge on any atom is -0.391 e. The number of rotatable bonds is 1. The van der Waals surface area contributed by atoms with Crippen LogP contribution in [0.25, 0.3) is 0 Å². The van der Waals surface area contributed by atoms with E-state index < -0.39 is 0 Å². The molecule has 0 bridgehead atoms. The molecule has 0 aliphatic carbocycles. The maximum Gasteiger partial charge on any atom is 0.265 e.